The van der Waals surface area contributed by atoms with E-state index in [1.807, 2.05) is 36.4 Å². The highest BCUT2D eigenvalue weighted by atomic mass is 16.5. The second-order valence-corrected chi connectivity index (χ2v) is 14.9. The van der Waals surface area contributed by atoms with E-state index in [1.54, 1.807) is 0 Å². The van der Waals surface area contributed by atoms with Gasteiger partial charge in [0.15, 0.2) is 0 Å². The van der Waals surface area contributed by atoms with Gasteiger partial charge in [-0.15, -0.1) is 0 Å². The van der Waals surface area contributed by atoms with E-state index in [2.05, 4.69) is 218 Å². The van der Waals surface area contributed by atoms with Crippen LogP contribution in [0.2, 0.25) is 0 Å². The predicted molar refractivity (Wildman–Crippen MR) is 243 cm³/mol. The van der Waals surface area contributed by atoms with Crippen LogP contribution in [-0.4, -0.2) is 0 Å². The Morgan fingerprint density at radius 1 is 0.288 bits per heavy atom. The van der Waals surface area contributed by atoms with Crippen LogP contribution in [0.15, 0.2) is 206 Å². The van der Waals surface area contributed by atoms with Crippen molar-refractivity contribution in [3.63, 3.8) is 0 Å². The fourth-order valence-electron chi connectivity index (χ4n) is 8.68. The molecule has 0 bridgehead atoms. The number of fused-ring (bicyclic) bond motifs is 4. The first-order valence-electron chi connectivity index (χ1n) is 20.0. The standard InChI is InChI=1S/C58H38O/c1-3-15-43(16-4-1)39-41-57(53-23-11-7-19-45(53)27-28-46-20-8-12-24-54(46)57)49-31-35-51(36-32-49)59-52-37-33-50(34-38-52)58(42-40-44-17-5-2-6-18-44)55-25-13-9-21-47(55)29-30-48-22-10-14-26-56(48)58/h1-38H. The summed E-state index contributed by atoms with van der Waals surface area (Å²) in [6.45, 7) is 0. The van der Waals surface area contributed by atoms with Crippen LogP contribution in [-0.2, 0) is 10.8 Å². The number of ether oxygens (including phenoxy) is 1. The van der Waals surface area contributed by atoms with Crippen molar-refractivity contribution >= 4 is 24.3 Å². The molecular formula is C58H38O. The highest BCUT2D eigenvalue weighted by Gasteiger charge is 2.40. The first kappa shape index (κ1) is 35.6. The van der Waals surface area contributed by atoms with Crippen molar-refractivity contribution in [3.8, 4) is 35.2 Å². The van der Waals surface area contributed by atoms with E-state index in [0.29, 0.717) is 0 Å². The molecule has 0 fully saturated rings. The van der Waals surface area contributed by atoms with Crippen LogP contribution in [0.25, 0.3) is 24.3 Å². The Bertz CT molecular complexity index is 2690. The molecule has 2 aliphatic carbocycles. The van der Waals surface area contributed by atoms with Crippen LogP contribution in [0.5, 0.6) is 11.5 Å². The van der Waals surface area contributed by atoms with Gasteiger partial charge >= 0.3 is 0 Å². The predicted octanol–water partition coefficient (Wildman–Crippen LogP) is 13.2. The van der Waals surface area contributed by atoms with Gasteiger partial charge in [-0.25, -0.2) is 0 Å². The maximum atomic E-state index is 6.62. The molecule has 0 amide bonds. The number of hydrogen-bond acceptors (Lipinski definition) is 1. The Labute approximate surface area is 346 Å². The molecule has 276 valence electrons. The fourth-order valence-corrected chi connectivity index (χ4v) is 8.68. The fraction of sp³-hybridized carbons (Fsp3) is 0.0345. The van der Waals surface area contributed by atoms with Gasteiger partial charge in [0.1, 0.15) is 22.3 Å². The molecule has 10 rings (SSSR count). The lowest BCUT2D eigenvalue weighted by atomic mass is 9.68. The van der Waals surface area contributed by atoms with E-state index in [-0.39, 0.29) is 0 Å². The second kappa shape index (κ2) is 15.2. The number of hydrogen-bond donors (Lipinski definition) is 0. The summed E-state index contributed by atoms with van der Waals surface area (Å²) in [5, 5.41) is 0. The van der Waals surface area contributed by atoms with E-state index >= 15 is 0 Å². The minimum atomic E-state index is -0.734. The summed E-state index contributed by atoms with van der Waals surface area (Å²) in [6, 6.07) is 71.8. The van der Waals surface area contributed by atoms with Gasteiger partial charge in [0, 0.05) is 11.1 Å². The molecule has 0 atom stereocenters. The summed E-state index contributed by atoms with van der Waals surface area (Å²) < 4.78 is 6.62. The van der Waals surface area contributed by atoms with Gasteiger partial charge < -0.3 is 4.74 Å². The van der Waals surface area contributed by atoms with E-state index in [9.17, 15) is 0 Å². The normalized spacial score (nSPS) is 13.6. The zero-order valence-corrected chi connectivity index (χ0v) is 32.3. The van der Waals surface area contributed by atoms with Crippen LogP contribution >= 0.6 is 0 Å². The van der Waals surface area contributed by atoms with Gasteiger partial charge in [0.25, 0.3) is 0 Å². The molecule has 59 heavy (non-hydrogen) atoms. The van der Waals surface area contributed by atoms with Crippen LogP contribution in [0, 0.1) is 23.7 Å². The molecule has 8 aromatic rings. The first-order valence-corrected chi connectivity index (χ1v) is 20.0. The molecule has 0 heterocycles. The summed E-state index contributed by atoms with van der Waals surface area (Å²) in [6.07, 6.45) is 8.84. The molecule has 0 spiro atoms. The lowest BCUT2D eigenvalue weighted by Gasteiger charge is -2.33. The molecule has 0 aromatic heterocycles. The van der Waals surface area contributed by atoms with Crippen molar-refractivity contribution in [2.75, 3.05) is 0 Å². The molecule has 0 saturated heterocycles. The molecule has 8 aromatic carbocycles. The average Bonchev–Trinajstić information content (AvgIpc) is 3.54. The molecule has 1 heteroatoms. The smallest absolute Gasteiger partial charge is 0.127 e. The summed E-state index contributed by atoms with van der Waals surface area (Å²) in [5.41, 5.74) is 11.8. The quantitative estimate of drug-likeness (QED) is 0.163. The molecule has 0 radical (unpaired) electrons. The van der Waals surface area contributed by atoms with Crippen LogP contribution in [0.3, 0.4) is 0 Å². The summed E-state index contributed by atoms with van der Waals surface area (Å²) >= 11 is 0. The molecule has 0 aliphatic heterocycles. The zero-order valence-electron chi connectivity index (χ0n) is 32.3. The highest BCUT2D eigenvalue weighted by Crippen LogP contribution is 2.47. The van der Waals surface area contributed by atoms with Crippen molar-refractivity contribution < 1.29 is 4.74 Å². The SMILES string of the molecule is C(#CC1(c2ccc(Oc3ccc(C4(C#Cc5ccccc5)c5ccccc5C=Cc5ccccc54)cc3)cc2)c2ccccc2C=Cc2ccccc21)c1ccccc1. The maximum Gasteiger partial charge on any atom is 0.127 e. The maximum absolute atomic E-state index is 6.62. The van der Waals surface area contributed by atoms with Crippen molar-refractivity contribution in [1.29, 1.82) is 0 Å². The Morgan fingerprint density at radius 2 is 0.576 bits per heavy atom. The van der Waals surface area contributed by atoms with E-state index in [0.717, 1.165) is 78.3 Å². The Balaban J connectivity index is 1.05. The Hall–Kier alpha value is -7.84. The van der Waals surface area contributed by atoms with Crippen molar-refractivity contribution in [2.24, 2.45) is 0 Å². The number of benzene rings is 8. The first-order chi connectivity index (χ1) is 29.2. The van der Waals surface area contributed by atoms with Crippen LogP contribution < -0.4 is 4.74 Å². The van der Waals surface area contributed by atoms with Gasteiger partial charge in [0.05, 0.1) is 0 Å². The lowest BCUT2D eigenvalue weighted by Crippen LogP contribution is -2.29. The Morgan fingerprint density at radius 3 is 0.898 bits per heavy atom. The average molecular weight is 751 g/mol. The monoisotopic (exact) mass is 750 g/mol. The molecule has 0 saturated carbocycles. The van der Waals surface area contributed by atoms with Crippen molar-refractivity contribution in [2.45, 2.75) is 10.8 Å². The van der Waals surface area contributed by atoms with Crippen LogP contribution in [0.1, 0.15) is 66.8 Å². The second-order valence-electron chi connectivity index (χ2n) is 14.9. The van der Waals surface area contributed by atoms with Gasteiger partial charge in [-0.1, -0.05) is 206 Å². The third kappa shape index (κ3) is 6.46. The molecule has 1 nitrogen and oxygen atoms in total. The largest absolute Gasteiger partial charge is 0.457 e. The van der Waals surface area contributed by atoms with E-state index in [1.165, 1.54) is 0 Å². The number of rotatable bonds is 4. The van der Waals surface area contributed by atoms with E-state index < -0.39 is 10.8 Å². The third-order valence-corrected chi connectivity index (χ3v) is 11.5. The zero-order chi connectivity index (χ0) is 39.5. The summed E-state index contributed by atoms with van der Waals surface area (Å²) in [7, 11) is 0. The van der Waals surface area contributed by atoms with Gasteiger partial charge in [-0.05, 0) is 104 Å². The van der Waals surface area contributed by atoms with Crippen molar-refractivity contribution in [3.05, 3.63) is 273 Å². The lowest BCUT2D eigenvalue weighted by molar-refractivity contribution is 0.482. The van der Waals surface area contributed by atoms with Gasteiger partial charge in [-0.3, -0.25) is 0 Å². The van der Waals surface area contributed by atoms with Gasteiger partial charge in [-0.2, -0.15) is 0 Å². The molecule has 0 N–H and O–H groups in total. The minimum absolute atomic E-state index is 0.734. The van der Waals surface area contributed by atoms with E-state index in [4.69, 9.17) is 4.74 Å². The molecule has 0 unspecified atom stereocenters. The van der Waals surface area contributed by atoms with Crippen LogP contribution in [0.4, 0.5) is 0 Å². The molecule has 2 aliphatic rings. The summed E-state index contributed by atoms with van der Waals surface area (Å²) in [5.74, 6) is 16.3. The third-order valence-electron chi connectivity index (χ3n) is 11.5. The Kier molecular flexibility index (Phi) is 9.19. The minimum Gasteiger partial charge on any atom is -0.457 e. The summed E-state index contributed by atoms with van der Waals surface area (Å²) in [4.78, 5) is 0. The van der Waals surface area contributed by atoms with Crippen molar-refractivity contribution in [1.82, 2.24) is 0 Å². The van der Waals surface area contributed by atoms with Gasteiger partial charge in [0.2, 0.25) is 0 Å². The topological polar surface area (TPSA) is 9.23 Å². The molecular weight excluding hydrogens is 713 g/mol. The highest BCUT2D eigenvalue weighted by molar-refractivity contribution is 5.83.